The summed E-state index contributed by atoms with van der Waals surface area (Å²) >= 11 is 1.90. The fraction of sp³-hybridized carbons (Fsp3) is 0.438. The van der Waals surface area contributed by atoms with Gasteiger partial charge in [0.1, 0.15) is 0 Å². The average Bonchev–Trinajstić information content (AvgIpc) is 2.47. The number of thioether (sulfide) groups is 1. The zero-order chi connectivity index (χ0) is 13.5. The SMILES string of the molecule is CCCNC(CCSC)c1cncc2ccccc12. The highest BCUT2D eigenvalue weighted by Crippen LogP contribution is 2.26. The average molecular weight is 274 g/mol. The van der Waals surface area contributed by atoms with Crippen LogP contribution in [0.1, 0.15) is 31.4 Å². The molecule has 0 saturated carbocycles. The molecular formula is C16H22N2S. The van der Waals surface area contributed by atoms with Crippen LogP contribution in [-0.2, 0) is 0 Å². The molecule has 0 radical (unpaired) electrons. The van der Waals surface area contributed by atoms with E-state index in [9.17, 15) is 0 Å². The van der Waals surface area contributed by atoms with Gasteiger partial charge in [0.15, 0.2) is 0 Å². The summed E-state index contributed by atoms with van der Waals surface area (Å²) in [5.74, 6) is 1.17. The molecule has 0 spiro atoms. The van der Waals surface area contributed by atoms with Gasteiger partial charge in [0.25, 0.3) is 0 Å². The second-order valence-electron chi connectivity index (χ2n) is 4.74. The van der Waals surface area contributed by atoms with Gasteiger partial charge in [0.2, 0.25) is 0 Å². The van der Waals surface area contributed by atoms with Crippen LogP contribution in [-0.4, -0.2) is 23.5 Å². The van der Waals surface area contributed by atoms with Crippen LogP contribution in [0.4, 0.5) is 0 Å². The van der Waals surface area contributed by atoms with E-state index in [1.54, 1.807) is 0 Å². The molecule has 0 aliphatic carbocycles. The number of nitrogens with one attached hydrogen (secondary N) is 1. The van der Waals surface area contributed by atoms with Gasteiger partial charge in [0.05, 0.1) is 0 Å². The van der Waals surface area contributed by atoms with Crippen LogP contribution in [0.25, 0.3) is 10.8 Å². The second kappa shape index (κ2) is 7.51. The molecule has 3 heteroatoms. The number of fused-ring (bicyclic) bond motifs is 1. The van der Waals surface area contributed by atoms with Gasteiger partial charge in [-0.05, 0) is 42.3 Å². The number of benzene rings is 1. The Bertz CT molecular complexity index is 500. The van der Waals surface area contributed by atoms with E-state index in [0.717, 1.165) is 19.4 Å². The van der Waals surface area contributed by atoms with Crippen molar-refractivity contribution in [1.29, 1.82) is 0 Å². The van der Waals surface area contributed by atoms with E-state index >= 15 is 0 Å². The number of hydrogen-bond donors (Lipinski definition) is 1. The number of aromatic nitrogens is 1. The summed E-state index contributed by atoms with van der Waals surface area (Å²) in [7, 11) is 0. The summed E-state index contributed by atoms with van der Waals surface area (Å²) in [6.45, 7) is 3.27. The van der Waals surface area contributed by atoms with Gasteiger partial charge >= 0.3 is 0 Å². The van der Waals surface area contributed by atoms with Crippen molar-refractivity contribution in [3.63, 3.8) is 0 Å². The topological polar surface area (TPSA) is 24.9 Å². The molecule has 1 aromatic carbocycles. The van der Waals surface area contributed by atoms with Crippen molar-refractivity contribution < 1.29 is 0 Å². The zero-order valence-corrected chi connectivity index (χ0v) is 12.5. The lowest BCUT2D eigenvalue weighted by Crippen LogP contribution is -2.23. The standard InChI is InChI=1S/C16H22N2S/c1-3-9-18-16(8-10-19-2)15-12-17-11-13-6-4-5-7-14(13)15/h4-7,11-12,16,18H,3,8-10H2,1-2H3. The van der Waals surface area contributed by atoms with E-state index < -0.39 is 0 Å². The van der Waals surface area contributed by atoms with Crippen LogP contribution >= 0.6 is 11.8 Å². The normalized spacial score (nSPS) is 12.7. The minimum absolute atomic E-state index is 0.408. The largest absolute Gasteiger partial charge is 0.310 e. The summed E-state index contributed by atoms with van der Waals surface area (Å²) in [6, 6.07) is 8.93. The van der Waals surface area contributed by atoms with Crippen LogP contribution in [0.3, 0.4) is 0 Å². The monoisotopic (exact) mass is 274 g/mol. The first-order valence-corrected chi connectivity index (χ1v) is 8.31. The second-order valence-corrected chi connectivity index (χ2v) is 5.72. The van der Waals surface area contributed by atoms with Crippen LogP contribution in [0, 0.1) is 0 Å². The highest BCUT2D eigenvalue weighted by atomic mass is 32.2. The highest BCUT2D eigenvalue weighted by molar-refractivity contribution is 7.98. The van der Waals surface area contributed by atoms with Crippen molar-refractivity contribution in [2.45, 2.75) is 25.8 Å². The van der Waals surface area contributed by atoms with Crippen molar-refractivity contribution in [2.24, 2.45) is 0 Å². The third kappa shape index (κ3) is 3.71. The number of hydrogen-bond acceptors (Lipinski definition) is 3. The summed E-state index contributed by atoms with van der Waals surface area (Å²) in [6.07, 6.45) is 8.45. The maximum Gasteiger partial charge on any atom is 0.0349 e. The molecule has 0 fully saturated rings. The Balaban J connectivity index is 2.31. The van der Waals surface area contributed by atoms with Gasteiger partial charge < -0.3 is 5.32 Å². The molecule has 2 rings (SSSR count). The van der Waals surface area contributed by atoms with Gasteiger partial charge in [0, 0.05) is 23.8 Å². The fourth-order valence-corrected chi connectivity index (χ4v) is 2.81. The third-order valence-corrected chi connectivity index (χ3v) is 3.97. The molecule has 0 aliphatic heterocycles. The first-order valence-electron chi connectivity index (χ1n) is 6.91. The maximum atomic E-state index is 4.40. The molecule has 0 bridgehead atoms. The minimum Gasteiger partial charge on any atom is -0.310 e. The first kappa shape index (κ1) is 14.4. The van der Waals surface area contributed by atoms with E-state index in [0.29, 0.717) is 6.04 Å². The lowest BCUT2D eigenvalue weighted by atomic mass is 10.00. The van der Waals surface area contributed by atoms with E-state index in [1.165, 1.54) is 22.1 Å². The zero-order valence-electron chi connectivity index (χ0n) is 11.7. The number of pyridine rings is 1. The molecule has 1 aromatic heterocycles. The predicted molar refractivity (Wildman–Crippen MR) is 85.8 cm³/mol. The van der Waals surface area contributed by atoms with Crippen LogP contribution < -0.4 is 5.32 Å². The molecule has 1 unspecified atom stereocenters. The Morgan fingerprint density at radius 2 is 2.11 bits per heavy atom. The lowest BCUT2D eigenvalue weighted by molar-refractivity contribution is 0.523. The number of rotatable bonds is 7. The minimum atomic E-state index is 0.408. The first-order chi connectivity index (χ1) is 9.36. The van der Waals surface area contributed by atoms with Gasteiger partial charge in [-0.3, -0.25) is 4.98 Å². The summed E-state index contributed by atoms with van der Waals surface area (Å²) in [5.41, 5.74) is 1.33. The predicted octanol–water partition coefficient (Wildman–Crippen LogP) is 4.03. The Morgan fingerprint density at radius 1 is 1.26 bits per heavy atom. The van der Waals surface area contributed by atoms with E-state index in [4.69, 9.17) is 0 Å². The third-order valence-electron chi connectivity index (χ3n) is 3.33. The lowest BCUT2D eigenvalue weighted by Gasteiger charge is -2.20. The van der Waals surface area contributed by atoms with Crippen molar-refractivity contribution in [1.82, 2.24) is 10.3 Å². The van der Waals surface area contributed by atoms with Gasteiger partial charge in [-0.25, -0.2) is 0 Å². The summed E-state index contributed by atoms with van der Waals surface area (Å²) < 4.78 is 0. The smallest absolute Gasteiger partial charge is 0.0349 e. The molecule has 1 atom stereocenters. The van der Waals surface area contributed by atoms with Crippen molar-refractivity contribution >= 4 is 22.5 Å². The molecule has 2 aromatic rings. The quantitative estimate of drug-likeness (QED) is 0.825. The van der Waals surface area contributed by atoms with Crippen molar-refractivity contribution in [2.75, 3.05) is 18.6 Å². The van der Waals surface area contributed by atoms with Crippen molar-refractivity contribution in [3.8, 4) is 0 Å². The Labute approximate surface area is 120 Å². The van der Waals surface area contributed by atoms with E-state index in [-0.39, 0.29) is 0 Å². The molecule has 1 heterocycles. The molecule has 0 saturated heterocycles. The molecule has 0 aliphatic rings. The Hall–Kier alpha value is -1.06. The molecule has 19 heavy (non-hydrogen) atoms. The molecular weight excluding hydrogens is 252 g/mol. The Kier molecular flexibility index (Phi) is 5.67. The molecule has 1 N–H and O–H groups in total. The van der Waals surface area contributed by atoms with Crippen LogP contribution in [0.15, 0.2) is 36.7 Å². The van der Waals surface area contributed by atoms with Crippen LogP contribution in [0.5, 0.6) is 0 Å². The molecule has 102 valence electrons. The maximum absolute atomic E-state index is 4.40. The summed E-state index contributed by atoms with van der Waals surface area (Å²) in [4.78, 5) is 4.40. The molecule has 2 nitrogen and oxygen atoms in total. The van der Waals surface area contributed by atoms with Crippen molar-refractivity contribution in [3.05, 3.63) is 42.2 Å². The van der Waals surface area contributed by atoms with E-state index in [2.05, 4.69) is 47.7 Å². The Morgan fingerprint density at radius 3 is 2.89 bits per heavy atom. The highest BCUT2D eigenvalue weighted by Gasteiger charge is 2.13. The van der Waals surface area contributed by atoms with Gasteiger partial charge in [-0.1, -0.05) is 31.2 Å². The fourth-order valence-electron chi connectivity index (χ4n) is 2.34. The van der Waals surface area contributed by atoms with E-state index in [1.807, 2.05) is 24.2 Å². The van der Waals surface area contributed by atoms with Gasteiger partial charge in [-0.15, -0.1) is 0 Å². The molecule has 0 amide bonds. The number of nitrogens with zero attached hydrogens (tertiary/aromatic N) is 1. The van der Waals surface area contributed by atoms with Crippen LogP contribution in [0.2, 0.25) is 0 Å². The summed E-state index contributed by atoms with van der Waals surface area (Å²) in [5, 5.41) is 6.21. The van der Waals surface area contributed by atoms with Gasteiger partial charge in [-0.2, -0.15) is 11.8 Å².